The minimum atomic E-state index is -0.622. The first-order valence-corrected chi connectivity index (χ1v) is 9.13. The lowest BCUT2D eigenvalue weighted by Crippen LogP contribution is -2.38. The first-order valence-electron chi connectivity index (χ1n) is 9.13. The molecular formula is C21H22FNO4. The van der Waals surface area contributed by atoms with E-state index >= 15 is 0 Å². The van der Waals surface area contributed by atoms with E-state index in [2.05, 4.69) is 0 Å². The number of likely N-dealkylation sites (tertiary alicyclic amines) is 1. The number of amides is 1. The topological polar surface area (TPSA) is 48.0 Å². The Hall–Kier alpha value is -2.44. The van der Waals surface area contributed by atoms with Crippen molar-refractivity contribution in [1.29, 1.82) is 0 Å². The number of carbonyl (C=O) groups excluding carboxylic acids is 1. The largest absolute Gasteiger partial charge is 0.457 e. The molecular weight excluding hydrogens is 349 g/mol. The van der Waals surface area contributed by atoms with E-state index in [-0.39, 0.29) is 24.2 Å². The van der Waals surface area contributed by atoms with Crippen LogP contribution in [0.3, 0.4) is 0 Å². The minimum absolute atomic E-state index is 0.0393. The van der Waals surface area contributed by atoms with Gasteiger partial charge in [0.15, 0.2) is 5.79 Å². The van der Waals surface area contributed by atoms with Crippen LogP contribution in [0.1, 0.15) is 18.9 Å². The van der Waals surface area contributed by atoms with Crippen LogP contribution >= 0.6 is 0 Å². The van der Waals surface area contributed by atoms with Gasteiger partial charge >= 0.3 is 0 Å². The van der Waals surface area contributed by atoms with Gasteiger partial charge in [-0.3, -0.25) is 4.79 Å². The molecule has 2 aromatic carbocycles. The monoisotopic (exact) mass is 371 g/mol. The fourth-order valence-electron chi connectivity index (χ4n) is 3.71. The van der Waals surface area contributed by atoms with E-state index < -0.39 is 5.79 Å². The van der Waals surface area contributed by atoms with E-state index in [1.54, 1.807) is 12.1 Å². The van der Waals surface area contributed by atoms with Gasteiger partial charge in [-0.25, -0.2) is 4.39 Å². The van der Waals surface area contributed by atoms with Crippen LogP contribution in [0.2, 0.25) is 0 Å². The van der Waals surface area contributed by atoms with E-state index in [0.717, 1.165) is 5.56 Å². The summed E-state index contributed by atoms with van der Waals surface area (Å²) in [5.74, 6) is 0.264. The predicted octanol–water partition coefficient (Wildman–Crippen LogP) is 3.52. The van der Waals surface area contributed by atoms with Gasteiger partial charge in [0.2, 0.25) is 5.91 Å². The minimum Gasteiger partial charge on any atom is -0.457 e. The summed E-state index contributed by atoms with van der Waals surface area (Å²) in [5, 5.41) is 0. The van der Waals surface area contributed by atoms with Gasteiger partial charge in [-0.05, 0) is 48.9 Å². The number of halogens is 1. The molecule has 5 nitrogen and oxygen atoms in total. The van der Waals surface area contributed by atoms with Crippen LogP contribution in [-0.2, 0) is 20.7 Å². The molecule has 6 heteroatoms. The van der Waals surface area contributed by atoms with Crippen molar-refractivity contribution in [3.8, 4) is 11.5 Å². The molecule has 0 N–H and O–H groups in total. The van der Waals surface area contributed by atoms with Crippen molar-refractivity contribution >= 4 is 5.91 Å². The normalized spacial score (nSPS) is 21.0. The summed E-state index contributed by atoms with van der Waals surface area (Å²) < 4.78 is 30.2. The molecule has 4 rings (SSSR count). The second-order valence-corrected chi connectivity index (χ2v) is 7.06. The highest BCUT2D eigenvalue weighted by Gasteiger charge is 2.48. The molecule has 2 saturated heterocycles. The Bertz CT molecular complexity index is 817. The number of hydrogen-bond donors (Lipinski definition) is 0. The summed E-state index contributed by atoms with van der Waals surface area (Å²) in [7, 11) is 0. The summed E-state index contributed by atoms with van der Waals surface area (Å²) in [6.45, 7) is 3.65. The van der Waals surface area contributed by atoms with Gasteiger partial charge in [0, 0.05) is 12.5 Å². The smallest absolute Gasteiger partial charge is 0.227 e. The highest BCUT2D eigenvalue weighted by molar-refractivity contribution is 5.79. The molecule has 0 aromatic heterocycles. The summed E-state index contributed by atoms with van der Waals surface area (Å²) >= 11 is 0. The van der Waals surface area contributed by atoms with E-state index in [0.29, 0.717) is 37.7 Å². The zero-order valence-corrected chi connectivity index (χ0v) is 15.2. The van der Waals surface area contributed by atoms with Crippen molar-refractivity contribution < 1.29 is 23.4 Å². The molecule has 142 valence electrons. The maximum Gasteiger partial charge on any atom is 0.227 e. The first-order chi connectivity index (χ1) is 13.0. The number of carbonyl (C=O) groups is 1. The molecule has 0 radical (unpaired) electrons. The standard InChI is InChI=1S/C21H22FNO4/c1-15-13-21(25-9-10-26-21)14-23(15)20(24)12-16-3-2-4-19(11-16)27-18-7-5-17(22)6-8-18/h2-8,11,15H,9-10,12-14H2,1H3. The van der Waals surface area contributed by atoms with Crippen LogP contribution < -0.4 is 4.74 Å². The molecule has 0 aliphatic carbocycles. The van der Waals surface area contributed by atoms with Gasteiger partial charge < -0.3 is 19.1 Å². The van der Waals surface area contributed by atoms with Crippen molar-refractivity contribution in [2.24, 2.45) is 0 Å². The fraction of sp³-hybridized carbons (Fsp3) is 0.381. The second-order valence-electron chi connectivity index (χ2n) is 7.06. The first kappa shape index (κ1) is 17.9. The molecule has 0 saturated carbocycles. The number of ether oxygens (including phenoxy) is 3. The van der Waals surface area contributed by atoms with Crippen molar-refractivity contribution in [2.75, 3.05) is 19.8 Å². The Kier molecular flexibility index (Phi) is 4.85. The third-order valence-corrected chi connectivity index (χ3v) is 4.99. The molecule has 1 unspecified atom stereocenters. The Labute approximate surface area is 157 Å². The molecule has 1 amide bonds. The number of benzene rings is 2. The average Bonchev–Trinajstić information content (AvgIpc) is 3.23. The number of nitrogens with zero attached hydrogens (tertiary/aromatic N) is 1. The Morgan fingerprint density at radius 2 is 1.93 bits per heavy atom. The predicted molar refractivity (Wildman–Crippen MR) is 97.0 cm³/mol. The summed E-state index contributed by atoms with van der Waals surface area (Å²) in [6, 6.07) is 13.3. The van der Waals surface area contributed by atoms with Crippen LogP contribution in [0.25, 0.3) is 0 Å². The maximum atomic E-state index is 13.0. The molecule has 0 bridgehead atoms. The Morgan fingerprint density at radius 3 is 2.67 bits per heavy atom. The van der Waals surface area contributed by atoms with E-state index in [9.17, 15) is 9.18 Å². The summed E-state index contributed by atoms with van der Waals surface area (Å²) in [5.41, 5.74) is 0.862. The second kappa shape index (κ2) is 7.29. The average molecular weight is 371 g/mol. The zero-order chi connectivity index (χ0) is 18.9. The highest BCUT2D eigenvalue weighted by atomic mass is 19.1. The van der Waals surface area contributed by atoms with Gasteiger partial charge in [-0.1, -0.05) is 12.1 Å². The van der Waals surface area contributed by atoms with Crippen LogP contribution in [0.15, 0.2) is 48.5 Å². The molecule has 1 spiro atoms. The Balaban J connectivity index is 1.42. The van der Waals surface area contributed by atoms with Crippen molar-refractivity contribution in [3.63, 3.8) is 0 Å². The number of hydrogen-bond acceptors (Lipinski definition) is 4. The zero-order valence-electron chi connectivity index (χ0n) is 15.2. The summed E-state index contributed by atoms with van der Waals surface area (Å²) in [4.78, 5) is 14.6. The lowest BCUT2D eigenvalue weighted by Gasteiger charge is -2.23. The molecule has 2 aromatic rings. The van der Waals surface area contributed by atoms with E-state index in [1.807, 2.05) is 36.1 Å². The molecule has 2 fully saturated rings. The quantitative estimate of drug-likeness (QED) is 0.825. The van der Waals surface area contributed by atoms with Crippen LogP contribution in [0, 0.1) is 5.82 Å². The molecule has 1 atom stereocenters. The van der Waals surface area contributed by atoms with Gasteiger partial charge in [0.25, 0.3) is 0 Å². The van der Waals surface area contributed by atoms with Crippen molar-refractivity contribution in [1.82, 2.24) is 4.90 Å². The third kappa shape index (κ3) is 3.96. The Morgan fingerprint density at radius 1 is 1.19 bits per heavy atom. The molecule has 2 aliphatic heterocycles. The molecule has 2 aliphatic rings. The van der Waals surface area contributed by atoms with Crippen LogP contribution in [0.5, 0.6) is 11.5 Å². The van der Waals surface area contributed by atoms with Crippen molar-refractivity contribution in [3.05, 3.63) is 59.9 Å². The fourth-order valence-corrected chi connectivity index (χ4v) is 3.71. The highest BCUT2D eigenvalue weighted by Crippen LogP contribution is 2.35. The lowest BCUT2D eigenvalue weighted by molar-refractivity contribution is -0.152. The SMILES string of the molecule is CC1CC2(CN1C(=O)Cc1cccc(Oc3ccc(F)cc3)c1)OCCO2. The third-order valence-electron chi connectivity index (χ3n) is 4.99. The lowest BCUT2D eigenvalue weighted by atomic mass is 10.1. The number of rotatable bonds is 4. The van der Waals surface area contributed by atoms with E-state index in [4.69, 9.17) is 14.2 Å². The van der Waals surface area contributed by atoms with Crippen LogP contribution in [0.4, 0.5) is 4.39 Å². The molecule has 27 heavy (non-hydrogen) atoms. The molecule has 2 heterocycles. The van der Waals surface area contributed by atoms with Gasteiger partial charge in [0.05, 0.1) is 26.2 Å². The summed E-state index contributed by atoms with van der Waals surface area (Å²) in [6.07, 6.45) is 0.980. The van der Waals surface area contributed by atoms with Crippen molar-refractivity contribution in [2.45, 2.75) is 31.6 Å². The van der Waals surface area contributed by atoms with E-state index in [1.165, 1.54) is 12.1 Å². The van der Waals surface area contributed by atoms with Gasteiger partial charge in [0.1, 0.15) is 17.3 Å². The maximum absolute atomic E-state index is 13.0. The van der Waals surface area contributed by atoms with Gasteiger partial charge in [-0.15, -0.1) is 0 Å². The van der Waals surface area contributed by atoms with Crippen LogP contribution in [-0.4, -0.2) is 42.4 Å². The van der Waals surface area contributed by atoms with Gasteiger partial charge in [-0.2, -0.15) is 0 Å².